The van der Waals surface area contributed by atoms with E-state index in [1.165, 1.54) is 36.3 Å². The molecule has 1 atom stereocenters. The Labute approximate surface area is 227 Å². The number of nitrogens with zero attached hydrogens (tertiary/aromatic N) is 3. The monoisotopic (exact) mass is 522 g/mol. The Hall–Kier alpha value is -2.61. The maximum absolute atomic E-state index is 5.93. The fourth-order valence-electron chi connectivity index (χ4n) is 6.17. The lowest BCUT2D eigenvalue weighted by Gasteiger charge is -2.43. The average Bonchev–Trinajstić information content (AvgIpc) is 3.66. The lowest BCUT2D eigenvalue weighted by Crippen LogP contribution is -2.57. The molecule has 1 saturated carbocycles. The van der Waals surface area contributed by atoms with Gasteiger partial charge in [0, 0.05) is 18.8 Å². The second kappa shape index (κ2) is 11.2. The van der Waals surface area contributed by atoms with Gasteiger partial charge >= 0.3 is 0 Å². The normalized spacial score (nSPS) is 18.2. The fraction of sp³-hybridized carbons (Fsp3) is 0.581. The minimum Gasteiger partial charge on any atom is -0.496 e. The average molecular weight is 523 g/mol. The highest BCUT2D eigenvalue weighted by Crippen LogP contribution is 2.45. The molecule has 0 N–H and O–H groups in total. The summed E-state index contributed by atoms with van der Waals surface area (Å²) in [7, 11) is 5.88. The van der Waals surface area contributed by atoms with E-state index in [1.54, 1.807) is 14.2 Å². The number of aromatic nitrogens is 2. The van der Waals surface area contributed by atoms with Crippen molar-refractivity contribution in [2.75, 3.05) is 41.0 Å². The third-order valence-electron chi connectivity index (χ3n) is 8.28. The molecule has 7 nitrogen and oxygen atoms in total. The van der Waals surface area contributed by atoms with Gasteiger partial charge in [0.2, 0.25) is 0 Å². The zero-order valence-electron chi connectivity index (χ0n) is 24.0. The standard InChI is InChI=1S/C31H44N3O4/c1-7-25-31(34(4,19-22-11-12-22)24-13-15-37-16-14-24)27-10-8-9-26(33(27)32-25)30-28(35-5)17-23(18-29(30)36-6)20-38-21(2)3/h8-10,17-18,21-22,24H,7,11-16,19-20H2,1-6H3/q+1. The molecule has 0 amide bonds. The number of aryl methyl sites for hydroxylation is 1. The summed E-state index contributed by atoms with van der Waals surface area (Å²) in [5.41, 5.74) is 6.61. The fourth-order valence-corrected chi connectivity index (χ4v) is 6.17. The van der Waals surface area contributed by atoms with Crippen LogP contribution in [0, 0.1) is 5.92 Å². The van der Waals surface area contributed by atoms with Gasteiger partial charge in [-0.15, -0.1) is 0 Å². The number of pyridine rings is 1. The van der Waals surface area contributed by atoms with Crippen molar-refractivity contribution in [3.05, 3.63) is 41.6 Å². The number of benzene rings is 1. The van der Waals surface area contributed by atoms with Crippen molar-refractivity contribution < 1.29 is 18.9 Å². The molecule has 5 rings (SSSR count). The molecule has 3 aromatic rings. The van der Waals surface area contributed by atoms with Crippen LogP contribution in [0.5, 0.6) is 11.5 Å². The van der Waals surface area contributed by atoms with Crippen LogP contribution in [0.1, 0.15) is 57.7 Å². The first kappa shape index (κ1) is 27.0. The van der Waals surface area contributed by atoms with E-state index in [1.807, 2.05) is 13.8 Å². The Morgan fingerprint density at radius 3 is 2.32 bits per heavy atom. The highest BCUT2D eigenvalue weighted by Gasteiger charge is 2.44. The van der Waals surface area contributed by atoms with Crippen LogP contribution in [0.4, 0.5) is 5.69 Å². The van der Waals surface area contributed by atoms with Gasteiger partial charge in [-0.05, 0) is 62.9 Å². The maximum Gasteiger partial charge on any atom is 0.182 e. The molecule has 2 aliphatic rings. The second-order valence-electron chi connectivity index (χ2n) is 11.3. The van der Waals surface area contributed by atoms with Crippen molar-refractivity contribution in [3.63, 3.8) is 0 Å². The van der Waals surface area contributed by atoms with Gasteiger partial charge in [-0.2, -0.15) is 5.10 Å². The van der Waals surface area contributed by atoms with Crippen LogP contribution in [-0.2, 0) is 22.5 Å². The number of fused-ring (bicyclic) bond motifs is 1. The van der Waals surface area contributed by atoms with Crippen LogP contribution in [0.2, 0.25) is 0 Å². The Morgan fingerprint density at radius 1 is 1.05 bits per heavy atom. The van der Waals surface area contributed by atoms with E-state index in [-0.39, 0.29) is 6.10 Å². The largest absolute Gasteiger partial charge is 0.496 e. The number of hydrogen-bond donors (Lipinski definition) is 0. The van der Waals surface area contributed by atoms with Gasteiger partial charge in [-0.25, -0.2) is 4.52 Å². The van der Waals surface area contributed by atoms with E-state index in [0.717, 1.165) is 71.2 Å². The highest BCUT2D eigenvalue weighted by molar-refractivity contribution is 5.82. The molecule has 3 heterocycles. The van der Waals surface area contributed by atoms with E-state index in [9.17, 15) is 0 Å². The zero-order chi connectivity index (χ0) is 26.9. The number of quaternary nitrogens is 1. The molecule has 1 saturated heterocycles. The summed E-state index contributed by atoms with van der Waals surface area (Å²) in [5.74, 6) is 2.31. The van der Waals surface area contributed by atoms with E-state index in [4.69, 9.17) is 24.0 Å². The Morgan fingerprint density at radius 2 is 1.74 bits per heavy atom. The van der Waals surface area contributed by atoms with Crippen molar-refractivity contribution >= 4 is 11.2 Å². The Balaban J connectivity index is 1.67. The second-order valence-corrected chi connectivity index (χ2v) is 11.3. The molecule has 0 spiro atoms. The number of rotatable bonds is 11. The third-order valence-corrected chi connectivity index (χ3v) is 8.28. The van der Waals surface area contributed by atoms with Crippen molar-refractivity contribution in [2.45, 2.75) is 71.6 Å². The van der Waals surface area contributed by atoms with Crippen LogP contribution in [0.15, 0.2) is 30.3 Å². The highest BCUT2D eigenvalue weighted by atomic mass is 16.5. The van der Waals surface area contributed by atoms with Crippen LogP contribution in [-0.4, -0.2) is 62.8 Å². The van der Waals surface area contributed by atoms with E-state index in [2.05, 4.69) is 48.8 Å². The van der Waals surface area contributed by atoms with Crippen LogP contribution < -0.4 is 14.0 Å². The van der Waals surface area contributed by atoms with E-state index >= 15 is 0 Å². The predicted molar refractivity (Wildman–Crippen MR) is 152 cm³/mol. The van der Waals surface area contributed by atoms with Crippen molar-refractivity contribution in [3.8, 4) is 22.8 Å². The first-order valence-electron chi connectivity index (χ1n) is 14.2. The topological polar surface area (TPSA) is 54.2 Å². The minimum atomic E-state index is 0.147. The summed E-state index contributed by atoms with van der Waals surface area (Å²) in [6, 6.07) is 11.1. The quantitative estimate of drug-likeness (QED) is 0.288. The smallest absolute Gasteiger partial charge is 0.182 e. The first-order valence-corrected chi connectivity index (χ1v) is 14.2. The molecule has 2 fully saturated rings. The SMILES string of the molecule is CCc1nn2c(-c3c(OC)cc(COC(C)C)cc3OC)cccc2c1[N+](C)(CC1CC1)C1CCOCC1. The molecule has 1 aromatic carbocycles. The van der Waals surface area contributed by atoms with Gasteiger partial charge in [-0.1, -0.05) is 13.0 Å². The van der Waals surface area contributed by atoms with E-state index < -0.39 is 0 Å². The lowest BCUT2D eigenvalue weighted by atomic mass is 10.0. The van der Waals surface area contributed by atoms with Gasteiger partial charge in [0.05, 0.1) is 71.0 Å². The molecule has 2 aromatic heterocycles. The maximum atomic E-state index is 5.93. The number of hydrogen-bond acceptors (Lipinski definition) is 5. The van der Waals surface area contributed by atoms with Gasteiger partial charge < -0.3 is 18.9 Å². The number of methoxy groups -OCH3 is 2. The van der Waals surface area contributed by atoms with Crippen molar-refractivity contribution in [1.82, 2.24) is 14.1 Å². The molecule has 7 heteroatoms. The van der Waals surface area contributed by atoms with Gasteiger partial charge in [0.15, 0.2) is 5.69 Å². The van der Waals surface area contributed by atoms with Gasteiger partial charge in [-0.3, -0.25) is 4.48 Å². The van der Waals surface area contributed by atoms with Crippen LogP contribution in [0.3, 0.4) is 0 Å². The Kier molecular flexibility index (Phi) is 7.98. The molecular weight excluding hydrogens is 478 g/mol. The van der Waals surface area contributed by atoms with Crippen molar-refractivity contribution in [2.24, 2.45) is 5.92 Å². The molecule has 1 unspecified atom stereocenters. The first-order chi connectivity index (χ1) is 18.4. The predicted octanol–water partition coefficient (Wildman–Crippen LogP) is 6.03. The summed E-state index contributed by atoms with van der Waals surface area (Å²) in [5, 5.41) is 5.26. The van der Waals surface area contributed by atoms with Gasteiger partial charge in [0.1, 0.15) is 22.7 Å². The summed E-state index contributed by atoms with van der Waals surface area (Å²) < 4.78 is 26.6. The summed E-state index contributed by atoms with van der Waals surface area (Å²) in [6.45, 7) is 9.66. The van der Waals surface area contributed by atoms with Crippen LogP contribution in [0.25, 0.3) is 16.8 Å². The summed E-state index contributed by atoms with van der Waals surface area (Å²) >= 11 is 0. The molecule has 206 valence electrons. The summed E-state index contributed by atoms with van der Waals surface area (Å²) in [6.07, 6.45) is 5.89. The van der Waals surface area contributed by atoms with Gasteiger partial charge in [0.25, 0.3) is 0 Å². The lowest BCUT2D eigenvalue weighted by molar-refractivity contribution is 0.0436. The van der Waals surface area contributed by atoms with E-state index in [0.29, 0.717) is 12.6 Å². The minimum absolute atomic E-state index is 0.147. The molecular formula is C31H44N3O4+. The molecule has 0 bridgehead atoms. The number of ether oxygens (including phenoxy) is 4. The molecule has 1 aliphatic heterocycles. The third kappa shape index (κ3) is 5.16. The Bertz CT molecular complexity index is 1230. The summed E-state index contributed by atoms with van der Waals surface area (Å²) in [4.78, 5) is 0. The molecule has 38 heavy (non-hydrogen) atoms. The molecule has 0 radical (unpaired) electrons. The molecule has 1 aliphatic carbocycles. The van der Waals surface area contributed by atoms with Crippen LogP contribution >= 0.6 is 0 Å². The zero-order valence-corrected chi connectivity index (χ0v) is 24.0. The van der Waals surface area contributed by atoms with Crippen molar-refractivity contribution in [1.29, 1.82) is 0 Å².